The van der Waals surface area contributed by atoms with Crippen molar-refractivity contribution in [2.45, 2.75) is 31.2 Å². The Hall–Kier alpha value is -1.69. The highest BCUT2D eigenvalue weighted by atomic mass is 32.2. The van der Waals surface area contributed by atoms with Gasteiger partial charge in [0.05, 0.1) is 18.0 Å². The zero-order valence-corrected chi connectivity index (χ0v) is 12.9. The molecule has 1 N–H and O–H groups in total. The van der Waals surface area contributed by atoms with Crippen LogP contribution in [0.5, 0.6) is 5.75 Å². The number of thioether (sulfide) groups is 1. The van der Waals surface area contributed by atoms with E-state index >= 15 is 0 Å². The fourth-order valence-electron chi connectivity index (χ4n) is 2.46. The SMILES string of the molecule is CCCC1SCC(C(=O)O)N1C(=O)c1ccccc1OC. The average Bonchev–Trinajstić information content (AvgIpc) is 2.91. The summed E-state index contributed by atoms with van der Waals surface area (Å²) < 4.78 is 5.22. The lowest BCUT2D eigenvalue weighted by Crippen LogP contribution is -2.45. The third-order valence-corrected chi connectivity index (χ3v) is 4.84. The molecule has 1 aromatic carbocycles. The van der Waals surface area contributed by atoms with Gasteiger partial charge in [-0.15, -0.1) is 11.8 Å². The number of para-hydroxylation sites is 1. The van der Waals surface area contributed by atoms with Gasteiger partial charge < -0.3 is 14.7 Å². The van der Waals surface area contributed by atoms with Gasteiger partial charge in [0.15, 0.2) is 0 Å². The maximum absolute atomic E-state index is 12.8. The Labute approximate surface area is 128 Å². The van der Waals surface area contributed by atoms with Gasteiger partial charge in [-0.1, -0.05) is 25.5 Å². The van der Waals surface area contributed by atoms with Gasteiger partial charge in [-0.25, -0.2) is 4.79 Å². The largest absolute Gasteiger partial charge is 0.496 e. The van der Waals surface area contributed by atoms with Crippen molar-refractivity contribution in [3.05, 3.63) is 29.8 Å². The molecule has 114 valence electrons. The third-order valence-electron chi connectivity index (χ3n) is 3.49. The van der Waals surface area contributed by atoms with Crippen LogP contribution in [0.3, 0.4) is 0 Å². The summed E-state index contributed by atoms with van der Waals surface area (Å²) in [6, 6.07) is 6.15. The molecule has 21 heavy (non-hydrogen) atoms. The number of carbonyl (C=O) groups is 2. The molecule has 0 saturated carbocycles. The van der Waals surface area contributed by atoms with Crippen LogP contribution in [0.2, 0.25) is 0 Å². The highest BCUT2D eigenvalue weighted by molar-refractivity contribution is 8.00. The number of carboxylic acid groups (broad SMARTS) is 1. The number of carbonyl (C=O) groups excluding carboxylic acids is 1. The number of hydrogen-bond acceptors (Lipinski definition) is 4. The van der Waals surface area contributed by atoms with E-state index in [4.69, 9.17) is 4.74 Å². The van der Waals surface area contributed by atoms with Crippen molar-refractivity contribution < 1.29 is 19.4 Å². The summed E-state index contributed by atoms with van der Waals surface area (Å²) in [6.07, 6.45) is 1.69. The summed E-state index contributed by atoms with van der Waals surface area (Å²) in [7, 11) is 1.50. The molecular weight excluding hydrogens is 290 g/mol. The van der Waals surface area contributed by atoms with Gasteiger partial charge in [0.2, 0.25) is 0 Å². The Balaban J connectivity index is 2.34. The van der Waals surface area contributed by atoms with Gasteiger partial charge >= 0.3 is 5.97 Å². The molecule has 2 rings (SSSR count). The Morgan fingerprint density at radius 2 is 2.14 bits per heavy atom. The molecule has 1 aromatic rings. The second-order valence-electron chi connectivity index (χ2n) is 4.84. The summed E-state index contributed by atoms with van der Waals surface area (Å²) in [5.41, 5.74) is 0.412. The number of carboxylic acids is 1. The van der Waals surface area contributed by atoms with Gasteiger partial charge in [0, 0.05) is 5.75 Å². The number of aliphatic carboxylic acids is 1. The van der Waals surface area contributed by atoms with Crippen molar-refractivity contribution >= 4 is 23.6 Å². The van der Waals surface area contributed by atoms with E-state index in [1.807, 2.05) is 6.92 Å². The topological polar surface area (TPSA) is 66.8 Å². The Morgan fingerprint density at radius 3 is 2.76 bits per heavy atom. The highest BCUT2D eigenvalue weighted by Gasteiger charge is 2.41. The summed E-state index contributed by atoms with van der Waals surface area (Å²) in [5.74, 6) is -0.326. The van der Waals surface area contributed by atoms with E-state index in [-0.39, 0.29) is 11.3 Å². The minimum absolute atomic E-state index is 0.0893. The molecule has 2 atom stereocenters. The molecule has 0 radical (unpaired) electrons. The van der Waals surface area contributed by atoms with Crippen LogP contribution < -0.4 is 4.74 Å². The van der Waals surface area contributed by atoms with Crippen LogP contribution in [-0.4, -0.2) is 46.2 Å². The van der Waals surface area contributed by atoms with E-state index in [1.165, 1.54) is 23.8 Å². The molecule has 2 unspecified atom stereocenters. The Morgan fingerprint density at radius 1 is 1.43 bits per heavy atom. The quantitative estimate of drug-likeness (QED) is 0.905. The molecule has 5 nitrogen and oxygen atoms in total. The van der Waals surface area contributed by atoms with Crippen molar-refractivity contribution in [3.63, 3.8) is 0 Å². The lowest BCUT2D eigenvalue weighted by Gasteiger charge is -2.27. The molecule has 0 aromatic heterocycles. The van der Waals surface area contributed by atoms with E-state index in [0.29, 0.717) is 17.1 Å². The third kappa shape index (κ3) is 3.15. The van der Waals surface area contributed by atoms with Crippen LogP contribution >= 0.6 is 11.8 Å². The van der Waals surface area contributed by atoms with E-state index in [2.05, 4.69) is 0 Å². The van der Waals surface area contributed by atoms with Crippen molar-refractivity contribution in [1.29, 1.82) is 0 Å². The minimum atomic E-state index is -0.954. The summed E-state index contributed by atoms with van der Waals surface area (Å²) in [4.78, 5) is 25.7. The molecule has 1 amide bonds. The number of methoxy groups -OCH3 is 1. The van der Waals surface area contributed by atoms with Crippen LogP contribution in [0.25, 0.3) is 0 Å². The van der Waals surface area contributed by atoms with Gasteiger partial charge in [-0.2, -0.15) is 0 Å². The second kappa shape index (κ2) is 6.85. The van der Waals surface area contributed by atoms with E-state index in [1.54, 1.807) is 24.3 Å². The van der Waals surface area contributed by atoms with E-state index in [9.17, 15) is 14.7 Å². The molecule has 1 heterocycles. The second-order valence-corrected chi connectivity index (χ2v) is 6.05. The molecule has 0 bridgehead atoms. The molecule has 1 saturated heterocycles. The van der Waals surface area contributed by atoms with Crippen molar-refractivity contribution in [3.8, 4) is 5.75 Å². The van der Waals surface area contributed by atoms with E-state index < -0.39 is 12.0 Å². The maximum Gasteiger partial charge on any atom is 0.327 e. The number of hydrogen-bond donors (Lipinski definition) is 1. The number of benzene rings is 1. The molecular formula is C15H19NO4S. The Bertz CT molecular complexity index is 534. The monoisotopic (exact) mass is 309 g/mol. The van der Waals surface area contributed by atoms with Crippen molar-refractivity contribution in [1.82, 2.24) is 4.90 Å². The lowest BCUT2D eigenvalue weighted by atomic mass is 10.1. The highest BCUT2D eigenvalue weighted by Crippen LogP contribution is 2.34. The molecule has 1 aliphatic rings. The number of rotatable bonds is 5. The van der Waals surface area contributed by atoms with Gasteiger partial charge in [0.25, 0.3) is 5.91 Å². The molecule has 0 aliphatic carbocycles. The minimum Gasteiger partial charge on any atom is -0.496 e. The first-order valence-corrected chi connectivity index (χ1v) is 7.95. The van der Waals surface area contributed by atoms with Crippen molar-refractivity contribution in [2.24, 2.45) is 0 Å². The van der Waals surface area contributed by atoms with Gasteiger partial charge in [-0.05, 0) is 18.6 Å². The normalized spacial score (nSPS) is 21.3. The summed E-state index contributed by atoms with van der Waals surface area (Å²) in [5, 5.41) is 9.26. The fraction of sp³-hybridized carbons (Fsp3) is 0.467. The number of nitrogens with zero attached hydrogens (tertiary/aromatic N) is 1. The van der Waals surface area contributed by atoms with E-state index in [0.717, 1.165) is 12.8 Å². The molecule has 0 spiro atoms. The Kier molecular flexibility index (Phi) is 5.12. The number of amides is 1. The van der Waals surface area contributed by atoms with Crippen LogP contribution in [0.1, 0.15) is 30.1 Å². The first-order chi connectivity index (χ1) is 10.1. The zero-order chi connectivity index (χ0) is 15.4. The first kappa shape index (κ1) is 15.7. The summed E-state index contributed by atoms with van der Waals surface area (Å²) >= 11 is 1.53. The van der Waals surface area contributed by atoms with Gasteiger partial charge in [0.1, 0.15) is 11.8 Å². The van der Waals surface area contributed by atoms with Crippen LogP contribution in [0, 0.1) is 0 Å². The summed E-state index contributed by atoms with van der Waals surface area (Å²) in [6.45, 7) is 2.03. The lowest BCUT2D eigenvalue weighted by molar-refractivity contribution is -0.141. The zero-order valence-electron chi connectivity index (χ0n) is 12.1. The van der Waals surface area contributed by atoms with Crippen LogP contribution in [0.4, 0.5) is 0 Å². The smallest absolute Gasteiger partial charge is 0.327 e. The number of ether oxygens (including phenoxy) is 1. The van der Waals surface area contributed by atoms with Crippen LogP contribution in [0.15, 0.2) is 24.3 Å². The predicted octanol–water partition coefficient (Wildman–Crippen LogP) is 2.46. The van der Waals surface area contributed by atoms with Crippen molar-refractivity contribution in [2.75, 3.05) is 12.9 Å². The van der Waals surface area contributed by atoms with Crippen LogP contribution in [-0.2, 0) is 4.79 Å². The first-order valence-electron chi connectivity index (χ1n) is 6.90. The maximum atomic E-state index is 12.8. The fourth-order valence-corrected chi connectivity index (χ4v) is 3.97. The average molecular weight is 309 g/mol. The standard InChI is InChI=1S/C15H19NO4S/c1-3-6-13-16(11(9-21-13)15(18)19)14(17)10-7-4-5-8-12(10)20-2/h4-5,7-8,11,13H,3,6,9H2,1-2H3,(H,18,19). The molecule has 1 fully saturated rings. The predicted molar refractivity (Wildman–Crippen MR) is 81.7 cm³/mol. The molecule has 6 heteroatoms. The molecule has 1 aliphatic heterocycles. The van der Waals surface area contributed by atoms with Gasteiger partial charge in [-0.3, -0.25) is 4.79 Å².